The Morgan fingerprint density at radius 1 is 1.50 bits per heavy atom. The fourth-order valence-corrected chi connectivity index (χ4v) is 0.307. The van der Waals surface area contributed by atoms with Gasteiger partial charge in [-0.1, -0.05) is 6.58 Å². The number of hydroxylamine groups is 3. The van der Waals surface area contributed by atoms with Crippen molar-refractivity contribution in [2.75, 3.05) is 21.1 Å². The lowest BCUT2D eigenvalue weighted by Gasteiger charge is -2.18. The van der Waals surface area contributed by atoms with Crippen LogP contribution >= 0.6 is 0 Å². The molecule has 3 nitrogen and oxygen atoms in total. The van der Waals surface area contributed by atoms with Gasteiger partial charge in [-0.3, -0.25) is 4.84 Å². The van der Waals surface area contributed by atoms with Gasteiger partial charge < -0.3 is 17.0 Å². The summed E-state index contributed by atoms with van der Waals surface area (Å²) in [5, 5.41) is 0. The van der Waals surface area contributed by atoms with Crippen LogP contribution in [0.1, 0.15) is 0 Å². The van der Waals surface area contributed by atoms with Crippen molar-refractivity contribution in [3.8, 4) is 0 Å². The van der Waals surface area contributed by atoms with Crippen molar-refractivity contribution >= 4 is 5.97 Å². The summed E-state index contributed by atoms with van der Waals surface area (Å²) in [5.41, 5.74) is 0. The molecule has 0 unspecified atom stereocenters. The maximum atomic E-state index is 10.5. The van der Waals surface area contributed by atoms with Gasteiger partial charge in [0, 0.05) is 6.08 Å². The van der Waals surface area contributed by atoms with E-state index in [1.165, 1.54) is 0 Å². The molecule has 60 valence electrons. The van der Waals surface area contributed by atoms with Crippen LogP contribution in [-0.2, 0) is 9.63 Å². The highest BCUT2D eigenvalue weighted by Crippen LogP contribution is 1.92. The Labute approximate surface area is 71.6 Å². The standard InChI is InChI=1S/C6H12NO2.BrH/c1-5-6(8)9-7(2,3)4;/h5H,1H2,2-4H3;1H/q+1;/p-1. The van der Waals surface area contributed by atoms with E-state index in [9.17, 15) is 4.79 Å². The first-order valence-corrected chi connectivity index (χ1v) is 2.63. The van der Waals surface area contributed by atoms with Crippen molar-refractivity contribution in [2.45, 2.75) is 0 Å². The third-order valence-corrected chi connectivity index (χ3v) is 0.531. The summed E-state index contributed by atoms with van der Waals surface area (Å²) in [6, 6.07) is 0. The predicted octanol–water partition coefficient (Wildman–Crippen LogP) is -2.66. The van der Waals surface area contributed by atoms with Crippen molar-refractivity contribution in [2.24, 2.45) is 0 Å². The van der Waals surface area contributed by atoms with E-state index in [2.05, 4.69) is 6.58 Å². The van der Waals surface area contributed by atoms with Crippen molar-refractivity contribution < 1.29 is 31.3 Å². The molecule has 0 aliphatic heterocycles. The average molecular weight is 210 g/mol. The van der Waals surface area contributed by atoms with Gasteiger partial charge in [0.2, 0.25) is 0 Å². The molecule has 10 heavy (non-hydrogen) atoms. The maximum absolute atomic E-state index is 10.5. The molecular weight excluding hydrogens is 198 g/mol. The molecule has 0 aliphatic carbocycles. The van der Waals surface area contributed by atoms with E-state index in [-0.39, 0.29) is 21.6 Å². The fourth-order valence-electron chi connectivity index (χ4n) is 0.307. The van der Waals surface area contributed by atoms with Crippen LogP contribution in [-0.4, -0.2) is 31.8 Å². The number of carbonyl (C=O) groups is 1. The van der Waals surface area contributed by atoms with E-state index < -0.39 is 5.97 Å². The van der Waals surface area contributed by atoms with Crippen LogP contribution in [0.2, 0.25) is 0 Å². The number of carbonyl (C=O) groups excluding carboxylic acids is 1. The van der Waals surface area contributed by atoms with Crippen LogP contribution < -0.4 is 17.0 Å². The van der Waals surface area contributed by atoms with Crippen molar-refractivity contribution in [1.82, 2.24) is 0 Å². The highest BCUT2D eigenvalue weighted by Gasteiger charge is 2.11. The number of halogens is 1. The lowest BCUT2D eigenvalue weighted by atomic mass is 10.7. The number of nitrogens with zero attached hydrogens (tertiary/aromatic N) is 1. The Hall–Kier alpha value is -0.350. The maximum Gasteiger partial charge on any atom is 0.389 e. The molecule has 0 aliphatic rings. The molecule has 0 spiro atoms. The third kappa shape index (κ3) is 7.65. The normalized spacial score (nSPS) is 9.50. The van der Waals surface area contributed by atoms with E-state index >= 15 is 0 Å². The largest absolute Gasteiger partial charge is 1.00 e. The topological polar surface area (TPSA) is 26.3 Å². The van der Waals surface area contributed by atoms with Gasteiger partial charge in [0.15, 0.2) is 0 Å². The number of quaternary nitrogens is 1. The van der Waals surface area contributed by atoms with Crippen LogP contribution in [0.25, 0.3) is 0 Å². The van der Waals surface area contributed by atoms with Crippen LogP contribution in [0.3, 0.4) is 0 Å². The SMILES string of the molecule is C=CC(=O)O[N+](C)(C)C.[Br-]. The van der Waals surface area contributed by atoms with Gasteiger partial charge in [0.25, 0.3) is 0 Å². The molecule has 0 bridgehead atoms. The summed E-state index contributed by atoms with van der Waals surface area (Å²) in [6.07, 6.45) is 1.14. The molecule has 0 saturated carbocycles. The fraction of sp³-hybridized carbons (Fsp3) is 0.500. The molecule has 0 atom stereocenters. The van der Waals surface area contributed by atoms with E-state index in [4.69, 9.17) is 4.84 Å². The molecule has 0 aromatic carbocycles. The molecule has 0 heterocycles. The molecule has 0 rings (SSSR count). The van der Waals surface area contributed by atoms with E-state index in [0.29, 0.717) is 0 Å². The van der Waals surface area contributed by atoms with Gasteiger partial charge in [-0.25, -0.2) is 4.79 Å². The Balaban J connectivity index is 0. The monoisotopic (exact) mass is 209 g/mol. The Bertz CT molecular complexity index is 128. The highest BCUT2D eigenvalue weighted by atomic mass is 79.9. The Morgan fingerprint density at radius 2 is 1.90 bits per heavy atom. The molecule has 0 N–H and O–H groups in total. The smallest absolute Gasteiger partial charge is 0.389 e. The second kappa shape index (κ2) is 4.46. The Kier molecular flexibility index (Phi) is 5.51. The second-order valence-corrected chi connectivity index (χ2v) is 2.50. The summed E-state index contributed by atoms with van der Waals surface area (Å²) in [6.45, 7) is 3.26. The first kappa shape index (κ1) is 12.3. The van der Waals surface area contributed by atoms with Gasteiger partial charge in [-0.2, -0.15) is 0 Å². The molecule has 0 saturated heterocycles. The first-order valence-electron chi connectivity index (χ1n) is 2.63. The summed E-state index contributed by atoms with van der Waals surface area (Å²) >= 11 is 0. The molecule has 0 amide bonds. The van der Waals surface area contributed by atoms with Crippen LogP contribution in [0.5, 0.6) is 0 Å². The number of hydrogen-bond donors (Lipinski definition) is 0. The molecule has 0 aromatic heterocycles. The zero-order chi connectivity index (χ0) is 7.49. The summed E-state index contributed by atoms with van der Waals surface area (Å²) < 4.78 is 0.171. The number of rotatable bonds is 2. The van der Waals surface area contributed by atoms with Crippen LogP contribution in [0, 0.1) is 0 Å². The van der Waals surface area contributed by atoms with Crippen LogP contribution in [0.4, 0.5) is 0 Å². The van der Waals surface area contributed by atoms with Crippen molar-refractivity contribution in [1.29, 1.82) is 0 Å². The van der Waals surface area contributed by atoms with E-state index in [1.807, 2.05) is 0 Å². The van der Waals surface area contributed by atoms with Gasteiger partial charge >= 0.3 is 5.97 Å². The highest BCUT2D eigenvalue weighted by molar-refractivity contribution is 5.80. The average Bonchev–Trinajstić information content (AvgIpc) is 1.62. The van der Waals surface area contributed by atoms with E-state index in [1.54, 1.807) is 21.1 Å². The van der Waals surface area contributed by atoms with Crippen molar-refractivity contribution in [3.63, 3.8) is 0 Å². The van der Waals surface area contributed by atoms with Gasteiger partial charge in [0.05, 0.1) is 0 Å². The lowest BCUT2D eigenvalue weighted by Crippen LogP contribution is -3.00. The predicted molar refractivity (Wildman–Crippen MR) is 34.3 cm³/mol. The third-order valence-electron chi connectivity index (χ3n) is 0.531. The zero-order valence-corrected chi connectivity index (χ0v) is 8.01. The molecule has 0 fully saturated rings. The molecule has 0 aromatic rings. The summed E-state index contributed by atoms with van der Waals surface area (Å²) in [5.74, 6) is -0.400. The molecule has 4 heteroatoms. The zero-order valence-electron chi connectivity index (χ0n) is 6.43. The lowest BCUT2D eigenvalue weighted by molar-refractivity contribution is -1.04. The van der Waals surface area contributed by atoms with Gasteiger partial charge in [-0.15, -0.1) is 4.65 Å². The van der Waals surface area contributed by atoms with Gasteiger partial charge in [0.1, 0.15) is 21.1 Å². The molecular formula is C6H12BrNO2. The molecule has 0 radical (unpaired) electrons. The first-order chi connectivity index (χ1) is 3.95. The van der Waals surface area contributed by atoms with Crippen molar-refractivity contribution in [3.05, 3.63) is 12.7 Å². The Morgan fingerprint density at radius 3 is 2.00 bits per heavy atom. The minimum atomic E-state index is -0.400. The minimum Gasteiger partial charge on any atom is -1.00 e. The quantitative estimate of drug-likeness (QED) is 0.282. The van der Waals surface area contributed by atoms with E-state index in [0.717, 1.165) is 6.08 Å². The number of hydrogen-bond acceptors (Lipinski definition) is 2. The summed E-state index contributed by atoms with van der Waals surface area (Å²) in [4.78, 5) is 15.2. The van der Waals surface area contributed by atoms with Crippen LogP contribution in [0.15, 0.2) is 12.7 Å². The minimum absolute atomic E-state index is 0. The van der Waals surface area contributed by atoms with Gasteiger partial charge in [-0.05, 0) is 0 Å². The second-order valence-electron chi connectivity index (χ2n) is 2.50. The summed E-state index contributed by atoms with van der Waals surface area (Å²) in [7, 11) is 5.25.